The SMILES string of the molecule is CN(C)CCNc1ccc(NC(=O)C2=NCCC3=CC=C(c4cncc(CN5CCC(O)CC5)c4)CC32)cn1. The van der Waals surface area contributed by atoms with Gasteiger partial charge in [-0.3, -0.25) is 19.7 Å². The Bertz CT molecular complexity index is 1240. The minimum absolute atomic E-state index is 0.0362. The van der Waals surface area contributed by atoms with E-state index in [4.69, 9.17) is 0 Å². The lowest BCUT2D eigenvalue weighted by Crippen LogP contribution is -2.35. The highest BCUT2D eigenvalue weighted by molar-refractivity contribution is 6.44. The smallest absolute Gasteiger partial charge is 0.270 e. The Morgan fingerprint density at radius 1 is 1.15 bits per heavy atom. The molecule has 2 aliphatic heterocycles. The van der Waals surface area contributed by atoms with Crippen LogP contribution in [0.3, 0.4) is 0 Å². The molecule has 0 bridgehead atoms. The van der Waals surface area contributed by atoms with Gasteiger partial charge in [-0.1, -0.05) is 17.7 Å². The first kappa shape index (κ1) is 27.2. The van der Waals surface area contributed by atoms with Crippen molar-refractivity contribution in [3.8, 4) is 0 Å². The Morgan fingerprint density at radius 3 is 2.77 bits per heavy atom. The summed E-state index contributed by atoms with van der Waals surface area (Å²) in [7, 11) is 4.07. The fraction of sp³-hybridized carbons (Fsp3) is 0.467. The number of nitrogens with one attached hydrogen (secondary N) is 2. The van der Waals surface area contributed by atoms with Crippen molar-refractivity contribution in [2.45, 2.75) is 38.3 Å². The summed E-state index contributed by atoms with van der Waals surface area (Å²) in [6.07, 6.45) is 12.9. The van der Waals surface area contributed by atoms with Crippen molar-refractivity contribution in [3.63, 3.8) is 0 Å². The van der Waals surface area contributed by atoms with E-state index in [1.54, 1.807) is 6.20 Å². The zero-order valence-electron chi connectivity index (χ0n) is 22.9. The van der Waals surface area contributed by atoms with E-state index in [0.717, 1.165) is 69.8 Å². The average molecular weight is 530 g/mol. The Morgan fingerprint density at radius 2 is 2.00 bits per heavy atom. The molecule has 3 N–H and O–H groups in total. The Hall–Kier alpha value is -3.40. The van der Waals surface area contributed by atoms with E-state index in [0.29, 0.717) is 17.9 Å². The van der Waals surface area contributed by atoms with E-state index in [9.17, 15) is 9.90 Å². The van der Waals surface area contributed by atoms with Gasteiger partial charge in [-0.15, -0.1) is 0 Å². The van der Waals surface area contributed by atoms with Crippen molar-refractivity contribution >= 4 is 28.7 Å². The first-order valence-corrected chi connectivity index (χ1v) is 13.9. The number of anilines is 2. The zero-order valence-corrected chi connectivity index (χ0v) is 22.9. The summed E-state index contributed by atoms with van der Waals surface area (Å²) < 4.78 is 0. The summed E-state index contributed by atoms with van der Waals surface area (Å²) >= 11 is 0. The maximum absolute atomic E-state index is 13.3. The summed E-state index contributed by atoms with van der Waals surface area (Å²) in [5.41, 5.74) is 5.93. The molecule has 0 aromatic carbocycles. The van der Waals surface area contributed by atoms with Crippen molar-refractivity contribution in [3.05, 3.63) is 65.6 Å². The molecule has 9 heteroatoms. The molecular formula is C30H39N7O2. The summed E-state index contributed by atoms with van der Waals surface area (Å²) in [4.78, 5) is 31.4. The summed E-state index contributed by atoms with van der Waals surface area (Å²) in [6.45, 7) is 4.99. The minimum Gasteiger partial charge on any atom is -0.393 e. The molecule has 0 spiro atoms. The summed E-state index contributed by atoms with van der Waals surface area (Å²) in [5.74, 6) is 0.581. The minimum atomic E-state index is -0.173. The topological polar surface area (TPSA) is 106 Å². The average Bonchev–Trinajstić information content (AvgIpc) is 2.94. The van der Waals surface area contributed by atoms with Crippen LogP contribution in [-0.2, 0) is 11.3 Å². The van der Waals surface area contributed by atoms with Gasteiger partial charge in [0.05, 0.1) is 18.0 Å². The normalized spacial score (nSPS) is 20.1. The molecule has 2 aromatic rings. The molecule has 1 saturated heterocycles. The van der Waals surface area contributed by atoms with E-state index in [2.05, 4.69) is 53.6 Å². The predicted octanol–water partition coefficient (Wildman–Crippen LogP) is 3.22. The van der Waals surface area contributed by atoms with E-state index < -0.39 is 0 Å². The molecule has 1 aliphatic carbocycles. The lowest BCUT2D eigenvalue weighted by molar-refractivity contribution is -0.110. The Balaban J connectivity index is 1.22. The molecular weight excluding hydrogens is 490 g/mol. The number of aliphatic hydroxyl groups is 1. The summed E-state index contributed by atoms with van der Waals surface area (Å²) in [5, 5.41) is 16.1. The third kappa shape index (κ3) is 7.17. The first-order chi connectivity index (χ1) is 18.9. The number of nitrogens with zero attached hydrogens (tertiary/aromatic N) is 5. The third-order valence-electron chi connectivity index (χ3n) is 7.63. The zero-order chi connectivity index (χ0) is 27.2. The van der Waals surface area contributed by atoms with Crippen LogP contribution < -0.4 is 10.6 Å². The molecule has 0 saturated carbocycles. The van der Waals surface area contributed by atoms with Gasteiger partial charge >= 0.3 is 0 Å². The second-order valence-corrected chi connectivity index (χ2v) is 10.9. The number of hydrogen-bond acceptors (Lipinski definition) is 8. The van der Waals surface area contributed by atoms with Gasteiger partial charge in [0.15, 0.2) is 0 Å². The van der Waals surface area contributed by atoms with Crippen LogP contribution in [0.15, 0.2) is 59.5 Å². The van der Waals surface area contributed by atoms with Crippen LogP contribution in [0.5, 0.6) is 0 Å². The van der Waals surface area contributed by atoms with Crippen LogP contribution in [0.1, 0.15) is 36.8 Å². The van der Waals surface area contributed by atoms with Gasteiger partial charge in [-0.2, -0.15) is 0 Å². The number of amides is 1. The molecule has 1 amide bonds. The van der Waals surface area contributed by atoms with Crippen LogP contribution in [0.2, 0.25) is 0 Å². The van der Waals surface area contributed by atoms with Crippen LogP contribution in [-0.4, -0.2) is 89.4 Å². The van der Waals surface area contributed by atoms with Gasteiger partial charge in [0.25, 0.3) is 5.91 Å². The van der Waals surface area contributed by atoms with Gasteiger partial charge in [0.2, 0.25) is 0 Å². The van der Waals surface area contributed by atoms with Crippen LogP contribution >= 0.6 is 0 Å². The maximum Gasteiger partial charge on any atom is 0.270 e. The first-order valence-electron chi connectivity index (χ1n) is 13.9. The van der Waals surface area contributed by atoms with Crippen molar-refractivity contribution in [2.24, 2.45) is 10.9 Å². The van der Waals surface area contributed by atoms with E-state index in [-0.39, 0.29) is 17.9 Å². The number of hydrogen-bond donors (Lipinski definition) is 3. The number of likely N-dealkylation sites (N-methyl/N-ethyl adjacent to an activating group) is 1. The van der Waals surface area contributed by atoms with Crippen LogP contribution in [0, 0.1) is 5.92 Å². The van der Waals surface area contributed by atoms with Crippen LogP contribution in [0.4, 0.5) is 11.5 Å². The molecule has 1 unspecified atom stereocenters. The number of likely N-dealkylation sites (tertiary alicyclic amines) is 1. The van der Waals surface area contributed by atoms with E-state index in [1.807, 2.05) is 38.6 Å². The Labute approximate surface area is 230 Å². The highest BCUT2D eigenvalue weighted by Crippen LogP contribution is 2.36. The van der Waals surface area contributed by atoms with Crippen LogP contribution in [0.25, 0.3) is 5.57 Å². The molecule has 0 radical (unpaired) electrons. The third-order valence-corrected chi connectivity index (χ3v) is 7.63. The summed E-state index contributed by atoms with van der Waals surface area (Å²) in [6, 6.07) is 5.96. The quantitative estimate of drug-likeness (QED) is 0.458. The van der Waals surface area contributed by atoms with Gasteiger partial charge in [-0.25, -0.2) is 4.98 Å². The number of carbonyl (C=O) groups is 1. The van der Waals surface area contributed by atoms with Crippen molar-refractivity contribution in [1.82, 2.24) is 19.8 Å². The van der Waals surface area contributed by atoms with Crippen molar-refractivity contribution in [2.75, 3.05) is 57.5 Å². The van der Waals surface area contributed by atoms with Gasteiger partial charge in [-0.05, 0) is 74.7 Å². The monoisotopic (exact) mass is 529 g/mol. The lowest BCUT2D eigenvalue weighted by atomic mass is 9.78. The predicted molar refractivity (Wildman–Crippen MR) is 156 cm³/mol. The number of aromatic nitrogens is 2. The molecule has 9 nitrogen and oxygen atoms in total. The molecule has 39 heavy (non-hydrogen) atoms. The number of carbonyl (C=O) groups excluding carboxylic acids is 1. The number of fused-ring (bicyclic) bond motifs is 1. The second-order valence-electron chi connectivity index (χ2n) is 10.9. The number of aliphatic hydroxyl groups excluding tert-OH is 1. The highest BCUT2D eigenvalue weighted by atomic mass is 16.3. The van der Waals surface area contributed by atoms with E-state index in [1.165, 1.54) is 16.7 Å². The fourth-order valence-corrected chi connectivity index (χ4v) is 5.39. The highest BCUT2D eigenvalue weighted by Gasteiger charge is 2.32. The number of allylic oxidation sites excluding steroid dienone is 3. The molecule has 1 atom stereocenters. The van der Waals surface area contributed by atoms with Gasteiger partial charge in [0, 0.05) is 57.6 Å². The molecule has 3 aliphatic rings. The lowest BCUT2D eigenvalue weighted by Gasteiger charge is -2.30. The molecule has 206 valence electrons. The molecule has 5 rings (SSSR count). The standard InChI is InChI=1S/C30H39N7O2/c1-36(2)14-11-32-28-6-5-25(19-34-28)35-30(39)29-27-16-23(4-3-22(27)7-10-33-29)24-15-21(17-31-18-24)20-37-12-8-26(38)9-13-37/h3-6,15,17-19,26-27,38H,7-14,16,20H2,1-2H3,(H,32,34)(H,35,39). The number of aliphatic imine (C=N–C) groups is 1. The van der Waals surface area contributed by atoms with Gasteiger partial charge < -0.3 is 20.6 Å². The number of pyridine rings is 2. The van der Waals surface area contributed by atoms with E-state index >= 15 is 0 Å². The number of piperidine rings is 1. The second kappa shape index (κ2) is 12.6. The van der Waals surface area contributed by atoms with Gasteiger partial charge in [0.1, 0.15) is 11.5 Å². The molecule has 1 fully saturated rings. The number of rotatable bonds is 9. The maximum atomic E-state index is 13.3. The molecule has 4 heterocycles. The molecule has 2 aromatic heterocycles. The van der Waals surface area contributed by atoms with Crippen molar-refractivity contribution in [1.29, 1.82) is 0 Å². The fourth-order valence-electron chi connectivity index (χ4n) is 5.39. The largest absolute Gasteiger partial charge is 0.393 e. The Kier molecular flexibility index (Phi) is 8.81. The van der Waals surface area contributed by atoms with Crippen molar-refractivity contribution < 1.29 is 9.90 Å².